The highest BCUT2D eigenvalue weighted by Gasteiger charge is 2.30. The zero-order chi connectivity index (χ0) is 94.0. The van der Waals surface area contributed by atoms with Crippen LogP contribution < -0.4 is 42.3 Å². The Balaban J connectivity index is 0.000000242. The first-order chi connectivity index (χ1) is 63.6. The largest absolute Gasteiger partial charge is 0.412 e. The SMILES string of the molecule is C.CCO.CCO.CN1CCCC1CCCl.CN1CCCC1CCN1CCSc2cc(CC(=N)c3cccs3)ccc21.CN1CCCC1CCN1CCSc2cc(CC(=N)c3cccs3)ccc21.CN1CCCC1CCN1CCSc2cc(N)ccc21.CN1CCCC1CCN1CCSc2cc([N+](=O)[O-])ccc21.CSC(=N)c1cccs1.I.NN.O.O=[N+]([O-])c1ccc2c(c1)SCCN2. The number of benzene rings is 5. The molecule has 0 radical (unpaired) electrons. The number of nitro groups is 2. The molecular formula is C98H150ClIN18O7S9. The van der Waals surface area contributed by atoms with Gasteiger partial charge in [0.2, 0.25) is 0 Å². The van der Waals surface area contributed by atoms with Crippen LogP contribution in [0.1, 0.15) is 143 Å². The molecular weight excluding hydrogens is 1990 g/mol. The van der Waals surface area contributed by atoms with E-state index in [0.717, 1.165) is 166 Å². The maximum Gasteiger partial charge on any atom is 0.270 e. The van der Waals surface area contributed by atoms with Crippen LogP contribution in [-0.2, 0) is 12.8 Å². The highest BCUT2D eigenvalue weighted by atomic mass is 127. The number of thioether (sulfide) groups is 6. The van der Waals surface area contributed by atoms with E-state index in [1.54, 1.807) is 95.6 Å². The van der Waals surface area contributed by atoms with Crippen molar-refractivity contribution in [2.75, 3.05) is 212 Å². The number of likely N-dealkylation sites (tertiary alicyclic amines) is 5. The summed E-state index contributed by atoms with van der Waals surface area (Å²) < 4.78 is 0. The van der Waals surface area contributed by atoms with Crippen LogP contribution in [0.4, 0.5) is 45.5 Å². The van der Waals surface area contributed by atoms with E-state index in [0.29, 0.717) is 11.1 Å². The Morgan fingerprint density at radius 1 is 0.463 bits per heavy atom. The lowest BCUT2D eigenvalue weighted by Gasteiger charge is -2.33. The second-order valence-electron chi connectivity index (χ2n) is 33.7. The zero-order valence-electron chi connectivity index (χ0n) is 79.0. The molecule has 0 bridgehead atoms. The number of halogens is 2. The summed E-state index contributed by atoms with van der Waals surface area (Å²) in [6, 6.07) is 46.0. The summed E-state index contributed by atoms with van der Waals surface area (Å²) in [7, 11) is 11.2. The number of aliphatic hydroxyl groups is 2. The van der Waals surface area contributed by atoms with E-state index >= 15 is 0 Å². The minimum atomic E-state index is -0.366. The lowest BCUT2D eigenvalue weighted by Crippen LogP contribution is -2.34. The quantitative estimate of drug-likeness (QED) is 0.00420. The summed E-state index contributed by atoms with van der Waals surface area (Å²) in [6.45, 7) is 20.1. The standard InChI is InChI=1S/2C21H27N3S2.C15H21N3O2S.C15H23N3S.C8H8N2O2S.C7H14ClN.C6H7NS2.2C2H6O.CH4.HI.H4N2.H2O/c2*1-23-9-2-4-17(23)8-10-24-11-13-26-21-15-16(6-7-19(21)24)14-18(22)20-5-3-12-25-20;1-16-7-2-3-12(16)6-8-17-9-10-21-15-11-13(18(19)20)4-5-14(15)17;1-17-7-2-3-13(17)6-8-18-9-10-19-15-11-12(16)4-5-14(15)18;11-10(12)6-1-2-7-8(5-6)13-4-3-9-7;1-9-6-2-3-7(9)4-5-8;1-8-6(7)5-3-2-4-9-5;2*1-2-3;;;1-2;/h2*3,5-7,12,15,17,22H,2,4,8-11,13-14H2,1H3;4-5,11-12H,2-3,6-10H2,1H3;4-5,11,13H,2-3,6-10,16H2,1H3;1-2,5,9H,3-4H2;7H,2-6H2,1H3;2-4,7H,1H3;2*3H,2H2,1H3;1H4;1H;1-2H2;1H2. The summed E-state index contributed by atoms with van der Waals surface area (Å²) in [5.41, 5.74) is 17.4. The van der Waals surface area contributed by atoms with Crippen LogP contribution in [0.5, 0.6) is 0 Å². The number of nitrogens with zero attached hydrogens (tertiary/aromatic N) is 11. The van der Waals surface area contributed by atoms with Crippen LogP contribution in [0.2, 0.25) is 0 Å². The van der Waals surface area contributed by atoms with Crippen molar-refractivity contribution < 1.29 is 25.5 Å². The Labute approximate surface area is 858 Å². The molecule has 742 valence electrons. The number of alkyl halides is 1. The average Bonchev–Trinajstić information content (AvgIpc) is 1.17. The molecule has 10 aliphatic rings. The van der Waals surface area contributed by atoms with Crippen molar-refractivity contribution in [3.63, 3.8) is 0 Å². The van der Waals surface area contributed by atoms with Gasteiger partial charge in [-0.1, -0.05) is 37.8 Å². The predicted octanol–water partition coefficient (Wildman–Crippen LogP) is 20.7. The third-order valence-corrected chi connectivity index (χ3v) is 33.8. The van der Waals surface area contributed by atoms with Gasteiger partial charge in [-0.25, -0.2) is 0 Å². The Bertz CT molecular complexity index is 4600. The molecule has 3 aromatic heterocycles. The minimum Gasteiger partial charge on any atom is -0.412 e. The third-order valence-electron chi connectivity index (χ3n) is 25.0. The molecule has 5 unspecified atom stereocenters. The molecule has 13 heterocycles. The minimum absolute atomic E-state index is 0. The van der Waals surface area contributed by atoms with Crippen LogP contribution in [0.25, 0.3) is 0 Å². The normalized spacial score (nSPS) is 19.1. The molecule has 5 fully saturated rings. The van der Waals surface area contributed by atoms with Gasteiger partial charge < -0.3 is 81.7 Å². The van der Waals surface area contributed by atoms with E-state index in [1.807, 2.05) is 106 Å². The van der Waals surface area contributed by atoms with Gasteiger partial charge in [-0.2, -0.15) is 0 Å². The number of hydrogen-bond donors (Lipinski definition) is 9. The smallest absolute Gasteiger partial charge is 0.270 e. The Morgan fingerprint density at radius 3 is 1.10 bits per heavy atom. The number of non-ortho nitro benzene ring substituents is 2. The highest BCUT2D eigenvalue weighted by molar-refractivity contribution is 14.0. The van der Waals surface area contributed by atoms with Crippen LogP contribution in [0, 0.1) is 36.5 Å². The lowest BCUT2D eigenvalue weighted by atomic mass is 10.1. The van der Waals surface area contributed by atoms with Crippen molar-refractivity contribution in [2.24, 2.45) is 11.7 Å². The number of aliphatic hydroxyl groups excluding tert-OH is 2. The monoisotopic (exact) mass is 2140 g/mol. The summed E-state index contributed by atoms with van der Waals surface area (Å²) in [6.07, 6.45) is 23.0. The molecule has 14 N–H and O–H groups in total. The fourth-order valence-corrected chi connectivity index (χ4v) is 25.9. The van der Waals surface area contributed by atoms with E-state index < -0.39 is 0 Å². The van der Waals surface area contributed by atoms with Gasteiger partial charge in [0.15, 0.2) is 0 Å². The molecule has 5 saturated heterocycles. The molecule has 5 aromatic carbocycles. The van der Waals surface area contributed by atoms with Gasteiger partial charge in [-0.15, -0.1) is 140 Å². The van der Waals surface area contributed by atoms with Crippen LogP contribution in [0.15, 0.2) is 168 Å². The summed E-state index contributed by atoms with van der Waals surface area (Å²) in [4.78, 5) is 52.6. The molecule has 8 aromatic rings. The van der Waals surface area contributed by atoms with E-state index in [1.165, 1.54) is 207 Å². The highest BCUT2D eigenvalue weighted by Crippen LogP contribution is 2.42. The molecule has 0 saturated carbocycles. The Morgan fingerprint density at radius 2 is 0.776 bits per heavy atom. The number of nitro benzene ring substituents is 2. The molecule has 0 aliphatic carbocycles. The summed E-state index contributed by atoms with van der Waals surface area (Å²) in [5, 5.41) is 70.4. The van der Waals surface area contributed by atoms with E-state index in [-0.39, 0.29) is 71.3 Å². The number of hydrogen-bond acceptors (Lipinski definition) is 31. The van der Waals surface area contributed by atoms with Gasteiger partial charge in [0, 0.05) is 220 Å². The molecule has 36 heteroatoms. The second kappa shape index (κ2) is 64.1. The first kappa shape index (κ1) is 117. The van der Waals surface area contributed by atoms with Gasteiger partial charge in [-0.3, -0.25) is 37.3 Å². The number of hydrazine groups is 1. The lowest BCUT2D eigenvalue weighted by molar-refractivity contribution is -0.385. The van der Waals surface area contributed by atoms with Crippen molar-refractivity contribution >= 4 is 202 Å². The van der Waals surface area contributed by atoms with Gasteiger partial charge in [-0.05, 0) is 284 Å². The Kier molecular flexibility index (Phi) is 56.0. The summed E-state index contributed by atoms with van der Waals surface area (Å²) in [5.74, 6) is 14.3. The van der Waals surface area contributed by atoms with E-state index in [4.69, 9.17) is 43.8 Å². The number of nitrogens with one attached hydrogen (secondary N) is 4. The summed E-state index contributed by atoms with van der Waals surface area (Å²) >= 11 is 21.3. The first-order valence-electron chi connectivity index (χ1n) is 46.2. The van der Waals surface area contributed by atoms with Crippen molar-refractivity contribution in [1.82, 2.24) is 24.5 Å². The predicted molar refractivity (Wildman–Crippen MR) is 597 cm³/mol. The molecule has 25 nitrogen and oxygen atoms in total. The van der Waals surface area contributed by atoms with Gasteiger partial charge >= 0.3 is 0 Å². The van der Waals surface area contributed by atoms with Crippen molar-refractivity contribution in [2.45, 2.75) is 185 Å². The van der Waals surface area contributed by atoms with E-state index in [2.05, 4.69) is 145 Å². The third kappa shape index (κ3) is 37.5. The van der Waals surface area contributed by atoms with Gasteiger partial charge in [0.05, 0.1) is 48.9 Å². The zero-order valence-corrected chi connectivity index (χ0v) is 89.4. The molecule has 0 amide bonds. The molecule has 0 spiro atoms. The first-order valence-corrected chi connectivity index (χ1v) is 55.5. The molecule has 10 aliphatic heterocycles. The number of thiophene rings is 3. The van der Waals surface area contributed by atoms with Gasteiger partial charge in [0.25, 0.3) is 11.4 Å². The molecule has 18 rings (SSSR count). The number of nitrogens with two attached hydrogens (primary N) is 3. The number of anilines is 6. The number of nitrogen functional groups attached to an aromatic ring is 1. The maximum atomic E-state index is 10.9. The molecule has 134 heavy (non-hydrogen) atoms. The number of fused-ring (bicyclic) bond motifs is 5. The van der Waals surface area contributed by atoms with Crippen LogP contribution >= 0.6 is 140 Å². The average molecular weight is 2140 g/mol. The second-order valence-corrected chi connectivity index (χ2v) is 43.4. The Hall–Kier alpha value is -5.47. The molecule has 5 atom stereocenters. The maximum absolute atomic E-state index is 10.9. The number of rotatable bonds is 23. The van der Waals surface area contributed by atoms with Crippen LogP contribution in [-0.4, -0.2) is 278 Å². The van der Waals surface area contributed by atoms with E-state index in [9.17, 15) is 20.2 Å². The van der Waals surface area contributed by atoms with Gasteiger partial charge in [0.1, 0.15) is 5.04 Å². The fourth-order valence-electron chi connectivity index (χ4n) is 17.8. The van der Waals surface area contributed by atoms with Crippen molar-refractivity contribution in [1.29, 1.82) is 16.2 Å². The van der Waals surface area contributed by atoms with Crippen LogP contribution in [0.3, 0.4) is 0 Å². The topological polar surface area (TPSA) is 349 Å². The van der Waals surface area contributed by atoms with Crippen molar-refractivity contribution in [3.05, 3.63) is 190 Å². The van der Waals surface area contributed by atoms with Crippen molar-refractivity contribution in [3.8, 4) is 0 Å². The fraction of sp³-hybridized carbons (Fsp3) is 0.541.